The average molecular weight is 386 g/mol. The average Bonchev–Trinajstić information content (AvgIpc) is 2.65. The molecule has 132 valence electrons. The van der Waals surface area contributed by atoms with Gasteiger partial charge in [-0.2, -0.15) is 0 Å². The Kier molecular flexibility index (Phi) is 4.25. The number of pyridine rings is 1. The molecule has 4 rings (SSSR count). The highest BCUT2D eigenvalue weighted by molar-refractivity contribution is 6.37. The lowest BCUT2D eigenvalue weighted by molar-refractivity contribution is 0.476. The van der Waals surface area contributed by atoms with E-state index >= 15 is 0 Å². The Hall–Kier alpha value is -2.30. The van der Waals surface area contributed by atoms with Crippen LogP contribution in [0.5, 0.6) is 5.75 Å². The molecular weight excluding hydrogens is 369 g/mol. The van der Waals surface area contributed by atoms with Crippen LogP contribution >= 0.6 is 23.2 Å². The maximum absolute atomic E-state index is 9.86. The molecule has 0 saturated heterocycles. The van der Waals surface area contributed by atoms with Gasteiger partial charge in [0.05, 0.1) is 21.3 Å². The van der Waals surface area contributed by atoms with E-state index in [1.807, 2.05) is 6.07 Å². The number of nitrogen functional groups attached to an aromatic ring is 1. The molecule has 0 amide bonds. The van der Waals surface area contributed by atoms with Crippen molar-refractivity contribution in [2.45, 2.75) is 25.7 Å². The molecule has 0 aliphatic heterocycles. The van der Waals surface area contributed by atoms with Crippen LogP contribution in [-0.2, 0) is 12.8 Å². The molecule has 0 bridgehead atoms. The largest absolute Gasteiger partial charge is 0.505 e. The molecule has 0 unspecified atom stereocenters. The molecule has 1 heterocycles. The number of benzene rings is 2. The van der Waals surface area contributed by atoms with Crippen LogP contribution in [0.2, 0.25) is 10.0 Å². The van der Waals surface area contributed by atoms with Gasteiger partial charge in [-0.1, -0.05) is 23.2 Å². The van der Waals surface area contributed by atoms with E-state index in [1.165, 1.54) is 11.8 Å². The first-order valence-electron chi connectivity index (χ1n) is 8.44. The Labute approximate surface area is 161 Å². The summed E-state index contributed by atoms with van der Waals surface area (Å²) >= 11 is 12.3. The van der Waals surface area contributed by atoms with Gasteiger partial charge < -0.3 is 16.2 Å². The fourth-order valence-corrected chi connectivity index (χ4v) is 4.25. The van der Waals surface area contributed by atoms with Crippen molar-refractivity contribution in [2.24, 2.45) is 0 Å². The second-order valence-corrected chi connectivity index (χ2v) is 7.33. The molecular formula is C20H17Cl2N3O. The first-order chi connectivity index (χ1) is 12.5. The van der Waals surface area contributed by atoms with Gasteiger partial charge in [0.15, 0.2) is 5.75 Å². The van der Waals surface area contributed by atoms with Crippen molar-refractivity contribution in [3.8, 4) is 17.0 Å². The lowest BCUT2D eigenvalue weighted by atomic mass is 9.85. The van der Waals surface area contributed by atoms with Crippen LogP contribution in [0.3, 0.4) is 0 Å². The molecule has 0 fully saturated rings. The van der Waals surface area contributed by atoms with Crippen molar-refractivity contribution in [1.82, 2.24) is 4.98 Å². The maximum atomic E-state index is 9.86. The SMILES string of the molecule is N=Cc1c(N)ccc2nc(-c3cc(Cl)c(O)c(Cl)c3)c3c(c12)CCCC3. The molecule has 0 saturated carbocycles. The van der Waals surface area contributed by atoms with Gasteiger partial charge in [-0.05, 0) is 61.1 Å². The van der Waals surface area contributed by atoms with Gasteiger partial charge in [-0.3, -0.25) is 0 Å². The number of halogens is 2. The smallest absolute Gasteiger partial charge is 0.152 e. The van der Waals surface area contributed by atoms with Crippen molar-refractivity contribution in [3.05, 3.63) is 51.0 Å². The number of anilines is 1. The first-order valence-corrected chi connectivity index (χ1v) is 9.19. The molecule has 3 aromatic rings. The van der Waals surface area contributed by atoms with Gasteiger partial charge >= 0.3 is 0 Å². The highest BCUT2D eigenvalue weighted by atomic mass is 35.5. The normalized spacial score (nSPS) is 13.6. The molecule has 1 aromatic heterocycles. The summed E-state index contributed by atoms with van der Waals surface area (Å²) in [7, 11) is 0. The molecule has 0 atom stereocenters. The fourth-order valence-electron chi connectivity index (χ4n) is 3.76. The van der Waals surface area contributed by atoms with Gasteiger partial charge in [-0.15, -0.1) is 0 Å². The summed E-state index contributed by atoms with van der Waals surface area (Å²) in [6, 6.07) is 7.06. The first kappa shape index (κ1) is 17.1. The zero-order chi connectivity index (χ0) is 18.4. The Morgan fingerprint density at radius 2 is 1.73 bits per heavy atom. The van der Waals surface area contributed by atoms with Gasteiger partial charge in [0, 0.05) is 28.4 Å². The van der Waals surface area contributed by atoms with Crippen LogP contribution in [0.25, 0.3) is 22.2 Å². The predicted molar refractivity (Wildman–Crippen MR) is 108 cm³/mol. The number of phenols is 1. The summed E-state index contributed by atoms with van der Waals surface area (Å²) in [5.41, 5.74) is 12.2. The van der Waals surface area contributed by atoms with Crippen molar-refractivity contribution < 1.29 is 5.11 Å². The summed E-state index contributed by atoms with van der Waals surface area (Å²) in [6.45, 7) is 0. The van der Waals surface area contributed by atoms with E-state index < -0.39 is 0 Å². The van der Waals surface area contributed by atoms with Crippen LogP contribution < -0.4 is 5.73 Å². The maximum Gasteiger partial charge on any atom is 0.152 e. The van der Waals surface area contributed by atoms with Gasteiger partial charge in [0.25, 0.3) is 0 Å². The van der Waals surface area contributed by atoms with E-state index in [2.05, 4.69) is 0 Å². The van der Waals surface area contributed by atoms with Crippen LogP contribution in [0.4, 0.5) is 5.69 Å². The lowest BCUT2D eigenvalue weighted by Gasteiger charge is -2.23. The molecule has 4 N–H and O–H groups in total. The number of nitrogens with one attached hydrogen (secondary N) is 1. The van der Waals surface area contributed by atoms with E-state index in [0.29, 0.717) is 5.69 Å². The van der Waals surface area contributed by atoms with Crippen molar-refractivity contribution >= 4 is 46.0 Å². The van der Waals surface area contributed by atoms with Crippen molar-refractivity contribution in [1.29, 1.82) is 5.41 Å². The van der Waals surface area contributed by atoms with Gasteiger partial charge in [-0.25, -0.2) is 4.98 Å². The number of aryl methyl sites for hydroxylation is 1. The lowest BCUT2D eigenvalue weighted by Crippen LogP contribution is -2.09. The molecule has 1 aliphatic carbocycles. The Morgan fingerprint density at radius 3 is 2.38 bits per heavy atom. The second-order valence-electron chi connectivity index (χ2n) is 6.52. The van der Waals surface area contributed by atoms with E-state index in [-0.39, 0.29) is 15.8 Å². The quantitative estimate of drug-likeness (QED) is 0.409. The zero-order valence-corrected chi connectivity index (χ0v) is 15.5. The number of nitrogens with zero attached hydrogens (tertiary/aromatic N) is 1. The number of hydrogen-bond acceptors (Lipinski definition) is 4. The minimum absolute atomic E-state index is 0.120. The molecule has 1 aliphatic rings. The number of fused-ring (bicyclic) bond motifs is 3. The van der Waals surface area contributed by atoms with Crippen LogP contribution in [0, 0.1) is 5.41 Å². The summed E-state index contributed by atoms with van der Waals surface area (Å²) in [6.07, 6.45) is 5.30. The third-order valence-corrected chi connectivity index (χ3v) is 5.56. The molecule has 26 heavy (non-hydrogen) atoms. The number of rotatable bonds is 2. The number of nitrogens with two attached hydrogens (primary N) is 1. The number of aromatic nitrogens is 1. The summed E-state index contributed by atoms with van der Waals surface area (Å²) < 4.78 is 0. The molecule has 2 aromatic carbocycles. The molecule has 0 radical (unpaired) electrons. The van der Waals surface area contributed by atoms with E-state index in [0.717, 1.165) is 59.0 Å². The third kappa shape index (κ3) is 2.61. The number of hydrogen-bond donors (Lipinski definition) is 3. The van der Waals surface area contributed by atoms with E-state index in [1.54, 1.807) is 18.2 Å². The standard InChI is InChI=1S/C20H17Cl2N3O/c21-14-7-10(8-15(22)20(14)26)19-12-4-2-1-3-11(12)18-13(9-23)16(24)5-6-17(18)25-19/h5-9,23,26H,1-4,24H2. The van der Waals surface area contributed by atoms with Gasteiger partial charge in [0.2, 0.25) is 0 Å². The van der Waals surface area contributed by atoms with E-state index in [9.17, 15) is 5.11 Å². The van der Waals surface area contributed by atoms with Crippen LogP contribution in [-0.4, -0.2) is 16.3 Å². The summed E-state index contributed by atoms with van der Waals surface area (Å²) in [4.78, 5) is 4.86. The number of phenolic OH excluding ortho intramolecular Hbond substituents is 1. The fraction of sp³-hybridized carbons (Fsp3) is 0.200. The summed E-state index contributed by atoms with van der Waals surface area (Å²) in [5.74, 6) is -0.120. The Bertz CT molecular complexity index is 1040. The minimum atomic E-state index is -0.120. The van der Waals surface area contributed by atoms with Crippen molar-refractivity contribution in [3.63, 3.8) is 0 Å². The predicted octanol–water partition coefficient (Wildman–Crippen LogP) is 5.37. The Balaban J connectivity index is 2.09. The molecule has 6 heteroatoms. The Morgan fingerprint density at radius 1 is 1.08 bits per heavy atom. The number of aromatic hydroxyl groups is 1. The monoisotopic (exact) mass is 385 g/mol. The van der Waals surface area contributed by atoms with Crippen LogP contribution in [0.1, 0.15) is 29.5 Å². The highest BCUT2D eigenvalue weighted by Crippen LogP contribution is 2.41. The molecule has 0 spiro atoms. The summed E-state index contributed by atoms with van der Waals surface area (Å²) in [5, 5.41) is 19.0. The third-order valence-electron chi connectivity index (χ3n) is 4.98. The zero-order valence-electron chi connectivity index (χ0n) is 13.9. The topological polar surface area (TPSA) is 83.0 Å². The van der Waals surface area contributed by atoms with Gasteiger partial charge in [0.1, 0.15) is 0 Å². The highest BCUT2D eigenvalue weighted by Gasteiger charge is 2.22. The minimum Gasteiger partial charge on any atom is -0.505 e. The molecule has 4 nitrogen and oxygen atoms in total. The van der Waals surface area contributed by atoms with Crippen LogP contribution in [0.15, 0.2) is 24.3 Å². The second kappa shape index (κ2) is 6.45. The van der Waals surface area contributed by atoms with Crippen molar-refractivity contribution in [2.75, 3.05) is 5.73 Å². The van der Waals surface area contributed by atoms with E-state index in [4.69, 9.17) is 39.3 Å².